The molecule has 1 saturated heterocycles. The Labute approximate surface area is 77.7 Å². The molecule has 1 N–H and O–H groups in total. The van der Waals surface area contributed by atoms with Crippen molar-refractivity contribution in [1.29, 1.82) is 0 Å². The first-order chi connectivity index (χ1) is 5.79. The van der Waals surface area contributed by atoms with Crippen LogP contribution in [0, 0.1) is 0 Å². The van der Waals surface area contributed by atoms with E-state index in [-0.39, 0.29) is 0 Å². The Morgan fingerprint density at radius 1 is 1.50 bits per heavy atom. The van der Waals surface area contributed by atoms with E-state index in [0.29, 0.717) is 6.42 Å². The minimum Gasteiger partial charge on any atom is -0.481 e. The van der Waals surface area contributed by atoms with Gasteiger partial charge in [-0.25, -0.2) is 0 Å². The number of rotatable bonds is 5. The van der Waals surface area contributed by atoms with Crippen LogP contribution in [0.25, 0.3) is 0 Å². The second-order valence-electron chi connectivity index (χ2n) is 3.27. The van der Waals surface area contributed by atoms with Gasteiger partial charge in [-0.05, 0) is 31.4 Å². The van der Waals surface area contributed by atoms with E-state index in [1.54, 1.807) is 0 Å². The number of hydrogen-bond acceptors (Lipinski definition) is 2. The van der Waals surface area contributed by atoms with Gasteiger partial charge in [0.25, 0.3) is 0 Å². The smallest absolute Gasteiger partial charge is 0.303 e. The Hall–Kier alpha value is -0.180. The summed E-state index contributed by atoms with van der Waals surface area (Å²) < 4.78 is 0. The van der Waals surface area contributed by atoms with Crippen LogP contribution in [-0.2, 0) is 4.79 Å². The molecule has 0 aromatic carbocycles. The van der Waals surface area contributed by atoms with E-state index in [1.807, 2.05) is 0 Å². The maximum Gasteiger partial charge on any atom is 0.303 e. The number of unbranched alkanes of at least 4 members (excludes halogenated alkanes) is 1. The van der Waals surface area contributed by atoms with Gasteiger partial charge >= 0.3 is 5.97 Å². The summed E-state index contributed by atoms with van der Waals surface area (Å²) in [7, 11) is 0. The number of aliphatic carboxylic acids is 1. The van der Waals surface area contributed by atoms with E-state index in [0.717, 1.165) is 18.1 Å². The molecule has 1 fully saturated rings. The maximum absolute atomic E-state index is 10.2. The molecule has 12 heavy (non-hydrogen) atoms. The van der Waals surface area contributed by atoms with Gasteiger partial charge < -0.3 is 5.11 Å². The van der Waals surface area contributed by atoms with Gasteiger partial charge in [-0.3, -0.25) is 4.79 Å². The fourth-order valence-electron chi connectivity index (χ4n) is 1.52. The number of carboxylic acids is 1. The number of carboxylic acid groups (broad SMARTS) is 1. The van der Waals surface area contributed by atoms with Crippen molar-refractivity contribution < 1.29 is 9.90 Å². The number of thioether (sulfide) groups is 1. The van der Waals surface area contributed by atoms with E-state index < -0.39 is 5.97 Å². The van der Waals surface area contributed by atoms with Crippen LogP contribution in [0.15, 0.2) is 0 Å². The molecule has 0 spiro atoms. The maximum atomic E-state index is 10.2. The van der Waals surface area contributed by atoms with Crippen LogP contribution in [0.5, 0.6) is 0 Å². The molecule has 0 aromatic rings. The Kier molecular flexibility index (Phi) is 4.51. The third-order valence-electron chi connectivity index (χ3n) is 2.19. The highest BCUT2D eigenvalue weighted by Gasteiger charge is 2.14. The summed E-state index contributed by atoms with van der Waals surface area (Å²) in [6.45, 7) is 0. The zero-order valence-electron chi connectivity index (χ0n) is 7.29. The van der Waals surface area contributed by atoms with Gasteiger partial charge in [0, 0.05) is 11.7 Å². The van der Waals surface area contributed by atoms with Crippen LogP contribution in [-0.4, -0.2) is 22.1 Å². The van der Waals surface area contributed by atoms with Crippen LogP contribution in [0.2, 0.25) is 0 Å². The average molecular weight is 188 g/mol. The highest BCUT2D eigenvalue weighted by atomic mass is 32.2. The standard InChI is InChI=1S/C9H16O2S/c10-9(11)6-2-1-4-8-5-3-7-12-8/h8H,1-7H2,(H,10,11)/t8-/m0/s1. The fraction of sp³-hybridized carbons (Fsp3) is 0.889. The Balaban J connectivity index is 1.91. The zero-order valence-corrected chi connectivity index (χ0v) is 8.11. The molecule has 3 heteroatoms. The minimum absolute atomic E-state index is 0.345. The SMILES string of the molecule is O=C(O)CCCC[C@H]1CCCS1. The molecule has 0 bridgehead atoms. The molecule has 0 saturated carbocycles. The molecular formula is C9H16O2S. The minimum atomic E-state index is -0.658. The lowest BCUT2D eigenvalue weighted by Gasteiger charge is -2.05. The summed E-state index contributed by atoms with van der Waals surface area (Å²) in [5.74, 6) is 0.651. The van der Waals surface area contributed by atoms with Gasteiger partial charge in [0.2, 0.25) is 0 Å². The summed E-state index contributed by atoms with van der Waals surface area (Å²) in [6.07, 6.45) is 6.21. The number of hydrogen-bond donors (Lipinski definition) is 1. The van der Waals surface area contributed by atoms with E-state index >= 15 is 0 Å². The van der Waals surface area contributed by atoms with Gasteiger partial charge in [0.1, 0.15) is 0 Å². The first-order valence-corrected chi connectivity index (χ1v) is 5.67. The van der Waals surface area contributed by atoms with Crippen LogP contribution in [0.3, 0.4) is 0 Å². The molecule has 1 aliphatic rings. The molecule has 1 heterocycles. The zero-order chi connectivity index (χ0) is 8.81. The van der Waals surface area contributed by atoms with Gasteiger partial charge in [-0.2, -0.15) is 11.8 Å². The van der Waals surface area contributed by atoms with Gasteiger partial charge in [0.15, 0.2) is 0 Å². The number of carbonyl (C=O) groups is 1. The van der Waals surface area contributed by atoms with E-state index in [1.165, 1.54) is 25.0 Å². The molecule has 0 unspecified atom stereocenters. The summed E-state index contributed by atoms with van der Waals surface area (Å²) in [5.41, 5.74) is 0. The highest BCUT2D eigenvalue weighted by Crippen LogP contribution is 2.29. The van der Waals surface area contributed by atoms with E-state index in [4.69, 9.17) is 5.11 Å². The monoisotopic (exact) mass is 188 g/mol. The first kappa shape index (κ1) is 9.90. The van der Waals surface area contributed by atoms with Crippen molar-refractivity contribution in [2.75, 3.05) is 5.75 Å². The topological polar surface area (TPSA) is 37.3 Å². The predicted molar refractivity (Wildman–Crippen MR) is 51.6 cm³/mol. The molecule has 0 amide bonds. The summed E-state index contributed by atoms with van der Waals surface area (Å²) in [5, 5.41) is 9.23. The first-order valence-electron chi connectivity index (χ1n) is 4.62. The molecule has 0 aromatic heterocycles. The second kappa shape index (κ2) is 5.46. The quantitative estimate of drug-likeness (QED) is 0.674. The molecule has 70 valence electrons. The molecular weight excluding hydrogens is 172 g/mol. The molecule has 0 radical (unpaired) electrons. The molecule has 1 rings (SSSR count). The lowest BCUT2D eigenvalue weighted by Crippen LogP contribution is -1.98. The molecule has 1 aliphatic heterocycles. The Bertz CT molecular complexity index is 141. The lowest BCUT2D eigenvalue weighted by molar-refractivity contribution is -0.137. The average Bonchev–Trinajstić information content (AvgIpc) is 2.49. The summed E-state index contributed by atoms with van der Waals surface area (Å²) >= 11 is 2.05. The van der Waals surface area contributed by atoms with E-state index in [2.05, 4.69) is 11.8 Å². The predicted octanol–water partition coefficient (Wildman–Crippen LogP) is 2.53. The van der Waals surface area contributed by atoms with Gasteiger partial charge in [-0.15, -0.1) is 0 Å². The van der Waals surface area contributed by atoms with Crippen molar-refractivity contribution in [1.82, 2.24) is 0 Å². The van der Waals surface area contributed by atoms with Crippen LogP contribution in [0.1, 0.15) is 38.5 Å². The molecule has 0 aliphatic carbocycles. The fourth-order valence-corrected chi connectivity index (χ4v) is 2.85. The lowest BCUT2D eigenvalue weighted by atomic mass is 10.1. The van der Waals surface area contributed by atoms with Crippen molar-refractivity contribution in [3.8, 4) is 0 Å². The van der Waals surface area contributed by atoms with E-state index in [9.17, 15) is 4.79 Å². The normalized spacial score (nSPS) is 22.8. The Morgan fingerprint density at radius 2 is 2.33 bits per heavy atom. The van der Waals surface area contributed by atoms with Gasteiger partial charge in [-0.1, -0.05) is 6.42 Å². The molecule has 1 atom stereocenters. The molecule has 2 nitrogen and oxygen atoms in total. The third-order valence-corrected chi connectivity index (χ3v) is 3.66. The summed E-state index contributed by atoms with van der Waals surface area (Å²) in [6, 6.07) is 0. The van der Waals surface area contributed by atoms with Crippen molar-refractivity contribution in [3.63, 3.8) is 0 Å². The van der Waals surface area contributed by atoms with Crippen LogP contribution < -0.4 is 0 Å². The summed E-state index contributed by atoms with van der Waals surface area (Å²) in [4.78, 5) is 10.2. The van der Waals surface area contributed by atoms with Crippen LogP contribution >= 0.6 is 11.8 Å². The van der Waals surface area contributed by atoms with Crippen LogP contribution in [0.4, 0.5) is 0 Å². The highest BCUT2D eigenvalue weighted by molar-refractivity contribution is 8.00. The van der Waals surface area contributed by atoms with Crippen molar-refractivity contribution in [2.24, 2.45) is 0 Å². The van der Waals surface area contributed by atoms with Gasteiger partial charge in [0.05, 0.1) is 0 Å². The Morgan fingerprint density at radius 3 is 2.92 bits per heavy atom. The van der Waals surface area contributed by atoms with Crippen molar-refractivity contribution in [2.45, 2.75) is 43.8 Å². The van der Waals surface area contributed by atoms with Crippen molar-refractivity contribution in [3.05, 3.63) is 0 Å². The third kappa shape index (κ3) is 4.00. The second-order valence-corrected chi connectivity index (χ2v) is 4.68. The van der Waals surface area contributed by atoms with Crippen molar-refractivity contribution >= 4 is 17.7 Å². The largest absolute Gasteiger partial charge is 0.481 e.